The normalized spacial score (nSPS) is 14.9. The smallest absolute Gasteiger partial charge is 0.0635 e. The van der Waals surface area contributed by atoms with E-state index in [1.165, 1.54) is 29.5 Å². The van der Waals surface area contributed by atoms with Crippen LogP contribution in [0.5, 0.6) is 0 Å². The lowest BCUT2D eigenvalue weighted by Crippen LogP contribution is -2.26. The SMILES string of the molecule is Cc1ccc(CN(CCC#N)C2CC2)cc1C. The van der Waals surface area contributed by atoms with Crippen LogP contribution in [-0.4, -0.2) is 17.5 Å². The number of rotatable bonds is 5. The van der Waals surface area contributed by atoms with Crippen LogP contribution in [-0.2, 0) is 6.54 Å². The van der Waals surface area contributed by atoms with Crippen LogP contribution in [0.3, 0.4) is 0 Å². The molecule has 1 fully saturated rings. The van der Waals surface area contributed by atoms with Gasteiger partial charge in [-0.25, -0.2) is 0 Å². The standard InChI is InChI=1S/C15H20N2/c1-12-4-5-14(10-13(12)2)11-17(9-3-8-16)15-6-7-15/h4-5,10,15H,3,6-7,9,11H2,1-2H3. The second-order valence-corrected chi connectivity index (χ2v) is 5.03. The van der Waals surface area contributed by atoms with Crippen LogP contribution in [0.15, 0.2) is 18.2 Å². The summed E-state index contributed by atoms with van der Waals surface area (Å²) in [4.78, 5) is 2.45. The van der Waals surface area contributed by atoms with Gasteiger partial charge in [0.1, 0.15) is 0 Å². The van der Waals surface area contributed by atoms with Gasteiger partial charge in [-0.15, -0.1) is 0 Å². The van der Waals surface area contributed by atoms with Gasteiger partial charge in [-0.2, -0.15) is 5.26 Å². The van der Waals surface area contributed by atoms with Crippen LogP contribution in [0.25, 0.3) is 0 Å². The van der Waals surface area contributed by atoms with Crippen LogP contribution >= 0.6 is 0 Å². The topological polar surface area (TPSA) is 27.0 Å². The summed E-state index contributed by atoms with van der Waals surface area (Å²) in [6, 6.07) is 9.65. The minimum atomic E-state index is 0.640. The summed E-state index contributed by atoms with van der Waals surface area (Å²) in [7, 11) is 0. The Morgan fingerprint density at radius 1 is 1.29 bits per heavy atom. The Balaban J connectivity index is 2.01. The molecule has 17 heavy (non-hydrogen) atoms. The lowest BCUT2D eigenvalue weighted by Gasteiger charge is -2.21. The first-order valence-electron chi connectivity index (χ1n) is 6.38. The van der Waals surface area contributed by atoms with Crippen molar-refractivity contribution < 1.29 is 0 Å². The average molecular weight is 228 g/mol. The second kappa shape index (κ2) is 5.33. The summed E-state index contributed by atoms with van der Waals surface area (Å²) in [5.74, 6) is 0. The quantitative estimate of drug-likeness (QED) is 0.774. The van der Waals surface area contributed by atoms with Gasteiger partial charge in [0.05, 0.1) is 6.07 Å². The van der Waals surface area contributed by atoms with Crippen LogP contribution in [0.1, 0.15) is 36.0 Å². The van der Waals surface area contributed by atoms with Crippen molar-refractivity contribution in [2.75, 3.05) is 6.54 Å². The van der Waals surface area contributed by atoms with Gasteiger partial charge in [-0.3, -0.25) is 4.90 Å². The van der Waals surface area contributed by atoms with Gasteiger partial charge in [-0.1, -0.05) is 18.2 Å². The number of aryl methyl sites for hydroxylation is 2. The van der Waals surface area contributed by atoms with E-state index >= 15 is 0 Å². The molecule has 0 unspecified atom stereocenters. The summed E-state index contributed by atoms with van der Waals surface area (Å²) in [6.45, 7) is 6.21. The van der Waals surface area contributed by atoms with Crippen molar-refractivity contribution in [3.05, 3.63) is 34.9 Å². The molecule has 0 radical (unpaired) electrons. The number of benzene rings is 1. The lowest BCUT2D eigenvalue weighted by atomic mass is 10.1. The molecule has 0 atom stereocenters. The van der Waals surface area contributed by atoms with Crippen molar-refractivity contribution in [3.8, 4) is 6.07 Å². The van der Waals surface area contributed by atoms with Crippen molar-refractivity contribution in [2.45, 2.75) is 45.7 Å². The van der Waals surface area contributed by atoms with Crippen LogP contribution in [0.2, 0.25) is 0 Å². The monoisotopic (exact) mass is 228 g/mol. The third-order valence-electron chi connectivity index (χ3n) is 3.53. The molecular formula is C15H20N2. The minimum Gasteiger partial charge on any atom is -0.295 e. The Bertz CT molecular complexity index is 427. The van der Waals surface area contributed by atoms with E-state index in [0.717, 1.165) is 19.1 Å². The maximum atomic E-state index is 8.69. The first-order chi connectivity index (χ1) is 8.20. The maximum Gasteiger partial charge on any atom is 0.0635 e. The lowest BCUT2D eigenvalue weighted by molar-refractivity contribution is 0.261. The highest BCUT2D eigenvalue weighted by molar-refractivity contribution is 5.29. The molecule has 2 heteroatoms. The molecule has 0 bridgehead atoms. The van der Waals surface area contributed by atoms with Gasteiger partial charge < -0.3 is 0 Å². The summed E-state index contributed by atoms with van der Waals surface area (Å²) < 4.78 is 0. The molecule has 2 nitrogen and oxygen atoms in total. The van der Waals surface area contributed by atoms with E-state index in [0.29, 0.717) is 6.42 Å². The van der Waals surface area contributed by atoms with E-state index in [4.69, 9.17) is 5.26 Å². The van der Waals surface area contributed by atoms with Crippen LogP contribution in [0, 0.1) is 25.2 Å². The predicted octanol–water partition coefficient (Wildman–Crippen LogP) is 3.18. The van der Waals surface area contributed by atoms with E-state index in [2.05, 4.69) is 43.0 Å². The fourth-order valence-corrected chi connectivity index (χ4v) is 2.16. The maximum absolute atomic E-state index is 8.69. The Morgan fingerprint density at radius 2 is 2.06 bits per heavy atom. The van der Waals surface area contributed by atoms with E-state index in [-0.39, 0.29) is 0 Å². The summed E-state index contributed by atoms with van der Waals surface area (Å²) >= 11 is 0. The van der Waals surface area contributed by atoms with Crippen LogP contribution in [0.4, 0.5) is 0 Å². The molecule has 90 valence electrons. The highest BCUT2D eigenvalue weighted by Crippen LogP contribution is 2.28. The molecule has 1 saturated carbocycles. The molecule has 0 aromatic heterocycles. The fraction of sp³-hybridized carbons (Fsp3) is 0.533. The zero-order valence-corrected chi connectivity index (χ0v) is 10.7. The number of nitrogens with zero attached hydrogens (tertiary/aromatic N) is 2. The van der Waals surface area contributed by atoms with Gasteiger partial charge in [0, 0.05) is 25.6 Å². The van der Waals surface area contributed by atoms with Crippen LogP contribution < -0.4 is 0 Å². The highest BCUT2D eigenvalue weighted by Gasteiger charge is 2.28. The molecule has 2 rings (SSSR count). The zero-order valence-electron chi connectivity index (χ0n) is 10.7. The fourth-order valence-electron chi connectivity index (χ4n) is 2.16. The Kier molecular flexibility index (Phi) is 3.81. The molecule has 0 heterocycles. The first-order valence-corrected chi connectivity index (χ1v) is 6.38. The van der Waals surface area contributed by atoms with Gasteiger partial charge in [-0.05, 0) is 43.4 Å². The Hall–Kier alpha value is -1.33. The molecule has 0 N–H and O–H groups in total. The van der Waals surface area contributed by atoms with Crippen molar-refractivity contribution in [3.63, 3.8) is 0 Å². The van der Waals surface area contributed by atoms with Crippen molar-refractivity contribution in [1.82, 2.24) is 4.90 Å². The van der Waals surface area contributed by atoms with Gasteiger partial charge in [0.25, 0.3) is 0 Å². The molecule has 0 spiro atoms. The van der Waals surface area contributed by atoms with E-state index < -0.39 is 0 Å². The third-order valence-corrected chi connectivity index (χ3v) is 3.53. The molecular weight excluding hydrogens is 208 g/mol. The highest BCUT2D eigenvalue weighted by atomic mass is 15.2. The van der Waals surface area contributed by atoms with E-state index in [1.807, 2.05) is 0 Å². The molecule has 1 aliphatic carbocycles. The molecule has 1 aliphatic rings. The Labute approximate surface area is 104 Å². The average Bonchev–Trinajstić information content (AvgIpc) is 3.13. The largest absolute Gasteiger partial charge is 0.295 e. The first kappa shape index (κ1) is 12.1. The number of hydrogen-bond donors (Lipinski definition) is 0. The molecule has 1 aromatic carbocycles. The zero-order chi connectivity index (χ0) is 12.3. The van der Waals surface area contributed by atoms with Crippen molar-refractivity contribution >= 4 is 0 Å². The van der Waals surface area contributed by atoms with Gasteiger partial charge in [0.15, 0.2) is 0 Å². The molecule has 0 amide bonds. The van der Waals surface area contributed by atoms with Crippen molar-refractivity contribution in [1.29, 1.82) is 5.26 Å². The third kappa shape index (κ3) is 3.31. The second-order valence-electron chi connectivity index (χ2n) is 5.03. The molecule has 0 saturated heterocycles. The van der Waals surface area contributed by atoms with E-state index in [9.17, 15) is 0 Å². The Morgan fingerprint density at radius 3 is 2.65 bits per heavy atom. The van der Waals surface area contributed by atoms with E-state index in [1.54, 1.807) is 0 Å². The minimum absolute atomic E-state index is 0.640. The summed E-state index contributed by atoms with van der Waals surface area (Å²) in [6.07, 6.45) is 3.24. The summed E-state index contributed by atoms with van der Waals surface area (Å²) in [5, 5.41) is 8.69. The number of nitriles is 1. The van der Waals surface area contributed by atoms with Gasteiger partial charge in [0.2, 0.25) is 0 Å². The number of hydrogen-bond acceptors (Lipinski definition) is 2. The molecule has 1 aromatic rings. The molecule has 0 aliphatic heterocycles. The summed E-state index contributed by atoms with van der Waals surface area (Å²) in [5.41, 5.74) is 4.08. The predicted molar refractivity (Wildman–Crippen MR) is 69.6 cm³/mol. The van der Waals surface area contributed by atoms with Gasteiger partial charge >= 0.3 is 0 Å². The van der Waals surface area contributed by atoms with Crippen molar-refractivity contribution in [2.24, 2.45) is 0 Å².